The summed E-state index contributed by atoms with van der Waals surface area (Å²) in [4.78, 5) is 16.4. The van der Waals surface area contributed by atoms with Gasteiger partial charge in [0.2, 0.25) is 0 Å². The molecule has 1 aliphatic heterocycles. The summed E-state index contributed by atoms with van der Waals surface area (Å²) in [5.74, 6) is 0.912. The molecule has 8 heteroatoms. The van der Waals surface area contributed by atoms with Crippen LogP contribution < -0.4 is 15.8 Å². The van der Waals surface area contributed by atoms with E-state index < -0.39 is 5.91 Å². The van der Waals surface area contributed by atoms with Gasteiger partial charge in [0, 0.05) is 24.7 Å². The highest BCUT2D eigenvalue weighted by molar-refractivity contribution is 9.10. The first-order valence-corrected chi connectivity index (χ1v) is 8.42. The zero-order chi connectivity index (χ0) is 17.1. The molecule has 1 aromatic heterocycles. The fraction of sp³-hybridized carbons (Fsp3) is 0.375. The third-order valence-electron chi connectivity index (χ3n) is 3.84. The van der Waals surface area contributed by atoms with E-state index in [4.69, 9.17) is 15.2 Å². The van der Waals surface area contributed by atoms with Gasteiger partial charge in [0.05, 0.1) is 24.4 Å². The SMILES string of the molecule is COCCNCc1c(C(N)=O)nc2n1CCOc1ccc(Br)cc1-2. The maximum Gasteiger partial charge on any atom is 0.269 e. The number of nitrogens with zero attached hydrogens (tertiary/aromatic N) is 2. The molecule has 0 spiro atoms. The summed E-state index contributed by atoms with van der Waals surface area (Å²) in [5.41, 5.74) is 7.44. The first-order valence-electron chi connectivity index (χ1n) is 7.63. The monoisotopic (exact) mass is 394 g/mol. The van der Waals surface area contributed by atoms with Crippen molar-refractivity contribution >= 4 is 21.8 Å². The highest BCUT2D eigenvalue weighted by Crippen LogP contribution is 2.35. The molecule has 0 radical (unpaired) electrons. The van der Waals surface area contributed by atoms with E-state index >= 15 is 0 Å². The molecule has 1 amide bonds. The minimum atomic E-state index is -0.531. The summed E-state index contributed by atoms with van der Waals surface area (Å²) in [6, 6.07) is 5.75. The number of methoxy groups -OCH3 is 1. The Balaban J connectivity index is 2.04. The Hall–Kier alpha value is -1.90. The van der Waals surface area contributed by atoms with Gasteiger partial charge in [0.1, 0.15) is 18.2 Å². The largest absolute Gasteiger partial charge is 0.491 e. The number of hydrogen-bond acceptors (Lipinski definition) is 5. The number of ether oxygens (including phenoxy) is 2. The predicted octanol–water partition coefficient (Wildman–Crippen LogP) is 1.54. The van der Waals surface area contributed by atoms with Crippen molar-refractivity contribution in [2.45, 2.75) is 13.1 Å². The molecule has 0 atom stereocenters. The standard InChI is InChI=1S/C16H19BrN4O3/c1-23-6-4-19-9-12-14(15(18)22)20-16-11-8-10(17)2-3-13(11)24-7-5-21(12)16/h2-3,8,19H,4-7,9H2,1H3,(H2,18,22). The van der Waals surface area contributed by atoms with E-state index in [9.17, 15) is 4.79 Å². The minimum Gasteiger partial charge on any atom is -0.491 e. The molecule has 0 unspecified atom stereocenters. The average molecular weight is 395 g/mol. The highest BCUT2D eigenvalue weighted by atomic mass is 79.9. The number of primary amides is 1. The number of carbonyl (C=O) groups excluding carboxylic acids is 1. The Kier molecular flexibility index (Phi) is 5.17. The fourth-order valence-electron chi connectivity index (χ4n) is 2.74. The molecule has 7 nitrogen and oxygen atoms in total. The highest BCUT2D eigenvalue weighted by Gasteiger charge is 2.25. The molecule has 0 saturated heterocycles. The molecule has 1 aromatic carbocycles. The second-order valence-electron chi connectivity index (χ2n) is 5.41. The summed E-state index contributed by atoms with van der Waals surface area (Å²) in [5, 5.41) is 3.25. The van der Waals surface area contributed by atoms with Crippen molar-refractivity contribution in [1.82, 2.24) is 14.9 Å². The fourth-order valence-corrected chi connectivity index (χ4v) is 3.10. The number of nitrogens with one attached hydrogen (secondary N) is 1. The number of halogens is 1. The molecular formula is C16H19BrN4O3. The van der Waals surface area contributed by atoms with Gasteiger partial charge in [0.15, 0.2) is 5.69 Å². The van der Waals surface area contributed by atoms with Crippen molar-refractivity contribution in [3.8, 4) is 17.1 Å². The van der Waals surface area contributed by atoms with Gasteiger partial charge in [0.25, 0.3) is 5.91 Å². The minimum absolute atomic E-state index is 0.294. The molecular weight excluding hydrogens is 376 g/mol. The van der Waals surface area contributed by atoms with E-state index in [-0.39, 0.29) is 0 Å². The number of aromatic nitrogens is 2. The lowest BCUT2D eigenvalue weighted by atomic mass is 10.2. The second kappa shape index (κ2) is 7.33. The van der Waals surface area contributed by atoms with Crippen molar-refractivity contribution in [3.05, 3.63) is 34.1 Å². The lowest BCUT2D eigenvalue weighted by Crippen LogP contribution is -2.24. The van der Waals surface area contributed by atoms with E-state index in [2.05, 4.69) is 26.2 Å². The maximum atomic E-state index is 11.8. The van der Waals surface area contributed by atoms with Crippen LogP contribution in [0.15, 0.2) is 22.7 Å². The Labute approximate surface area is 148 Å². The van der Waals surface area contributed by atoms with E-state index in [1.54, 1.807) is 7.11 Å². The van der Waals surface area contributed by atoms with Crippen LogP contribution in [-0.4, -0.2) is 42.3 Å². The number of amides is 1. The first-order chi connectivity index (χ1) is 11.6. The van der Waals surface area contributed by atoms with Gasteiger partial charge in [-0.15, -0.1) is 0 Å². The molecule has 3 rings (SSSR count). The summed E-state index contributed by atoms with van der Waals surface area (Å²) >= 11 is 3.47. The number of nitrogens with two attached hydrogens (primary N) is 1. The quantitative estimate of drug-likeness (QED) is 0.725. The van der Waals surface area contributed by atoms with Crippen LogP contribution in [-0.2, 0) is 17.8 Å². The van der Waals surface area contributed by atoms with Gasteiger partial charge in [-0.25, -0.2) is 4.98 Å². The van der Waals surface area contributed by atoms with Crippen molar-refractivity contribution in [2.75, 3.05) is 26.9 Å². The normalized spacial score (nSPS) is 12.9. The Morgan fingerprint density at radius 2 is 2.38 bits per heavy atom. The van der Waals surface area contributed by atoms with Crippen LogP contribution >= 0.6 is 15.9 Å². The zero-order valence-electron chi connectivity index (χ0n) is 13.3. The number of carbonyl (C=O) groups is 1. The third-order valence-corrected chi connectivity index (χ3v) is 4.33. The topological polar surface area (TPSA) is 91.4 Å². The van der Waals surface area contributed by atoms with Crippen molar-refractivity contribution in [3.63, 3.8) is 0 Å². The van der Waals surface area contributed by atoms with E-state index in [1.807, 2.05) is 22.8 Å². The van der Waals surface area contributed by atoms with Crippen LogP contribution in [0.4, 0.5) is 0 Å². The molecule has 0 aliphatic carbocycles. The molecule has 0 bridgehead atoms. The van der Waals surface area contributed by atoms with Gasteiger partial charge in [-0.05, 0) is 18.2 Å². The number of hydrogen-bond donors (Lipinski definition) is 2. The van der Waals surface area contributed by atoms with Crippen LogP contribution in [0.3, 0.4) is 0 Å². The number of rotatable bonds is 6. The third kappa shape index (κ3) is 3.31. The molecule has 3 N–H and O–H groups in total. The van der Waals surface area contributed by atoms with Gasteiger partial charge >= 0.3 is 0 Å². The van der Waals surface area contributed by atoms with E-state index in [0.29, 0.717) is 44.4 Å². The lowest BCUT2D eigenvalue weighted by molar-refractivity contribution is 0.0994. The molecule has 24 heavy (non-hydrogen) atoms. The summed E-state index contributed by atoms with van der Waals surface area (Å²) < 4.78 is 13.8. The zero-order valence-corrected chi connectivity index (χ0v) is 14.9. The molecule has 2 heterocycles. The van der Waals surface area contributed by atoms with Gasteiger partial charge in [-0.3, -0.25) is 4.79 Å². The summed E-state index contributed by atoms with van der Waals surface area (Å²) in [6.45, 7) is 2.85. The maximum absolute atomic E-state index is 11.8. The molecule has 1 aliphatic rings. The summed E-state index contributed by atoms with van der Waals surface area (Å²) in [7, 11) is 1.65. The van der Waals surface area contributed by atoms with Crippen molar-refractivity contribution in [1.29, 1.82) is 0 Å². The van der Waals surface area contributed by atoms with Crippen LogP contribution in [0.5, 0.6) is 5.75 Å². The Morgan fingerprint density at radius 1 is 1.54 bits per heavy atom. The average Bonchev–Trinajstić information content (AvgIpc) is 2.82. The van der Waals surface area contributed by atoms with Crippen molar-refractivity contribution in [2.24, 2.45) is 5.73 Å². The van der Waals surface area contributed by atoms with Crippen LogP contribution in [0.25, 0.3) is 11.4 Å². The lowest BCUT2D eigenvalue weighted by Gasteiger charge is -2.10. The van der Waals surface area contributed by atoms with E-state index in [0.717, 1.165) is 21.5 Å². The molecule has 0 saturated carbocycles. The van der Waals surface area contributed by atoms with E-state index in [1.165, 1.54) is 0 Å². The van der Waals surface area contributed by atoms with Crippen LogP contribution in [0.1, 0.15) is 16.2 Å². The van der Waals surface area contributed by atoms with Crippen molar-refractivity contribution < 1.29 is 14.3 Å². The van der Waals surface area contributed by atoms with Crippen LogP contribution in [0, 0.1) is 0 Å². The molecule has 0 fully saturated rings. The molecule has 128 valence electrons. The van der Waals surface area contributed by atoms with Gasteiger partial charge in [-0.1, -0.05) is 15.9 Å². The Bertz CT molecular complexity index is 760. The molecule has 2 aromatic rings. The van der Waals surface area contributed by atoms with Crippen LogP contribution in [0.2, 0.25) is 0 Å². The second-order valence-corrected chi connectivity index (χ2v) is 6.32. The smallest absolute Gasteiger partial charge is 0.269 e. The summed E-state index contributed by atoms with van der Waals surface area (Å²) in [6.07, 6.45) is 0. The predicted molar refractivity (Wildman–Crippen MR) is 93.0 cm³/mol. The first kappa shape index (κ1) is 16.9. The Morgan fingerprint density at radius 3 is 3.12 bits per heavy atom. The number of fused-ring (bicyclic) bond motifs is 3. The van der Waals surface area contributed by atoms with Gasteiger partial charge in [-0.2, -0.15) is 0 Å². The number of benzene rings is 1. The number of imidazole rings is 1. The van der Waals surface area contributed by atoms with Gasteiger partial charge < -0.3 is 25.1 Å².